The summed E-state index contributed by atoms with van der Waals surface area (Å²) in [5.74, 6) is -0.393. The van der Waals surface area contributed by atoms with Gasteiger partial charge in [-0.2, -0.15) is 0 Å². The molecule has 0 N–H and O–H groups in total. The van der Waals surface area contributed by atoms with Crippen molar-refractivity contribution in [2.24, 2.45) is 0 Å². The molecule has 0 spiro atoms. The van der Waals surface area contributed by atoms with Crippen molar-refractivity contribution in [3.05, 3.63) is 87.3 Å². The van der Waals surface area contributed by atoms with Crippen LogP contribution in [-0.4, -0.2) is 15.2 Å². The van der Waals surface area contributed by atoms with Crippen molar-refractivity contribution in [1.82, 2.24) is 0 Å². The fourth-order valence-electron chi connectivity index (χ4n) is 2.85. The number of nitrogens with zero attached hydrogens (tertiary/aromatic N) is 2. The topological polar surface area (TPSA) is 76.6 Å². The number of carbonyl (C=O) groups excluding carboxylic acids is 1. The number of benzene rings is 2. The number of thioether (sulfide) groups is 1. The van der Waals surface area contributed by atoms with Crippen LogP contribution < -0.4 is 4.90 Å². The molecule has 6 nitrogen and oxygen atoms in total. The van der Waals surface area contributed by atoms with E-state index >= 15 is 0 Å². The van der Waals surface area contributed by atoms with Gasteiger partial charge in [0.25, 0.3) is 11.6 Å². The van der Waals surface area contributed by atoms with Crippen LogP contribution in [0.15, 0.2) is 70.0 Å². The van der Waals surface area contributed by atoms with Gasteiger partial charge in [-0.3, -0.25) is 19.8 Å². The van der Waals surface area contributed by atoms with Gasteiger partial charge in [0.05, 0.1) is 21.1 Å². The minimum Gasteiger partial charge on any atom is -0.456 e. The number of amides is 1. The number of thiocarbonyl (C=S) groups is 1. The van der Waals surface area contributed by atoms with Gasteiger partial charge in [0.2, 0.25) is 0 Å². The molecule has 0 saturated carbocycles. The van der Waals surface area contributed by atoms with Crippen molar-refractivity contribution in [2.75, 3.05) is 4.90 Å². The third-order valence-electron chi connectivity index (χ3n) is 4.15. The SMILES string of the molecule is O=C1/C(=C\c2ccc(-c3ccccc3[N+](=O)[O-])o2)SC(=S)N1c1ccccc1F. The molecule has 1 aliphatic heterocycles. The predicted octanol–water partition coefficient (Wildman–Crippen LogP) is 5.40. The summed E-state index contributed by atoms with van der Waals surface area (Å²) in [6, 6.07) is 15.3. The second kappa shape index (κ2) is 7.61. The van der Waals surface area contributed by atoms with E-state index in [0.29, 0.717) is 17.1 Å². The summed E-state index contributed by atoms with van der Waals surface area (Å²) in [5, 5.41) is 11.2. The second-order valence-corrected chi connectivity index (χ2v) is 7.62. The largest absolute Gasteiger partial charge is 0.456 e. The summed E-state index contributed by atoms with van der Waals surface area (Å²) in [5.41, 5.74) is 0.328. The van der Waals surface area contributed by atoms with E-state index in [1.54, 1.807) is 36.4 Å². The molecule has 3 aromatic rings. The summed E-state index contributed by atoms with van der Waals surface area (Å²) >= 11 is 6.26. The summed E-state index contributed by atoms with van der Waals surface area (Å²) in [6.07, 6.45) is 1.48. The fraction of sp³-hybridized carbons (Fsp3) is 0. The molecule has 0 unspecified atom stereocenters. The smallest absolute Gasteiger partial charge is 0.280 e. The van der Waals surface area contributed by atoms with Gasteiger partial charge in [0.15, 0.2) is 4.32 Å². The Bertz CT molecular complexity index is 1190. The Morgan fingerprint density at radius 2 is 1.83 bits per heavy atom. The van der Waals surface area contributed by atoms with Crippen LogP contribution in [-0.2, 0) is 4.79 Å². The fourth-order valence-corrected chi connectivity index (χ4v) is 4.12. The summed E-state index contributed by atoms with van der Waals surface area (Å²) < 4.78 is 20.0. The van der Waals surface area contributed by atoms with E-state index in [4.69, 9.17) is 16.6 Å². The van der Waals surface area contributed by atoms with Gasteiger partial charge in [-0.15, -0.1) is 0 Å². The predicted molar refractivity (Wildman–Crippen MR) is 113 cm³/mol. The van der Waals surface area contributed by atoms with Crippen LogP contribution in [0.5, 0.6) is 0 Å². The first-order valence-electron chi connectivity index (χ1n) is 8.32. The molecule has 1 saturated heterocycles. The highest BCUT2D eigenvalue weighted by atomic mass is 32.2. The average Bonchev–Trinajstić information content (AvgIpc) is 3.27. The zero-order valence-electron chi connectivity index (χ0n) is 14.6. The van der Waals surface area contributed by atoms with Crippen molar-refractivity contribution >= 4 is 51.7 Å². The van der Waals surface area contributed by atoms with E-state index in [2.05, 4.69) is 0 Å². The van der Waals surface area contributed by atoms with E-state index in [1.165, 1.54) is 30.3 Å². The third-order valence-corrected chi connectivity index (χ3v) is 5.46. The zero-order valence-corrected chi connectivity index (χ0v) is 16.2. The molecule has 1 aromatic heterocycles. The molecule has 9 heteroatoms. The Labute approximate surface area is 173 Å². The van der Waals surface area contributed by atoms with Crippen molar-refractivity contribution in [3.63, 3.8) is 0 Å². The number of nitro groups is 1. The van der Waals surface area contributed by atoms with E-state index in [9.17, 15) is 19.3 Å². The van der Waals surface area contributed by atoms with Crippen LogP contribution >= 0.6 is 24.0 Å². The maximum atomic E-state index is 14.1. The van der Waals surface area contributed by atoms with E-state index in [-0.39, 0.29) is 20.6 Å². The molecule has 0 radical (unpaired) electrons. The number of halogens is 1. The number of carbonyl (C=O) groups is 1. The minimum absolute atomic E-state index is 0.0819. The molecular formula is C20H11FN2O4S2. The Balaban J connectivity index is 1.65. The monoisotopic (exact) mass is 426 g/mol. The minimum atomic E-state index is -0.554. The highest BCUT2D eigenvalue weighted by Crippen LogP contribution is 2.38. The van der Waals surface area contributed by atoms with Gasteiger partial charge in [-0.05, 0) is 30.3 Å². The lowest BCUT2D eigenvalue weighted by Crippen LogP contribution is -2.28. The summed E-state index contributed by atoms with van der Waals surface area (Å²) in [4.78, 5) is 24.9. The Kier molecular flexibility index (Phi) is 4.99. The van der Waals surface area contributed by atoms with Gasteiger partial charge in [-0.25, -0.2) is 4.39 Å². The number of nitro benzene ring substituents is 1. The van der Waals surface area contributed by atoms with Crippen molar-refractivity contribution in [3.8, 4) is 11.3 Å². The van der Waals surface area contributed by atoms with Crippen LogP contribution in [0.4, 0.5) is 15.8 Å². The average molecular weight is 426 g/mol. The third kappa shape index (κ3) is 3.57. The first kappa shape index (κ1) is 19.0. The molecule has 4 rings (SSSR count). The van der Waals surface area contributed by atoms with E-state index in [0.717, 1.165) is 16.7 Å². The first-order chi connectivity index (χ1) is 14.0. The van der Waals surface area contributed by atoms with Crippen LogP contribution in [0.25, 0.3) is 17.4 Å². The maximum Gasteiger partial charge on any atom is 0.280 e. The van der Waals surface area contributed by atoms with Crippen LogP contribution in [0.2, 0.25) is 0 Å². The summed E-state index contributed by atoms with van der Waals surface area (Å²) in [6.45, 7) is 0. The zero-order chi connectivity index (χ0) is 20.5. The molecule has 2 heterocycles. The van der Waals surface area contributed by atoms with Crippen molar-refractivity contribution in [2.45, 2.75) is 0 Å². The number of hydrogen-bond acceptors (Lipinski definition) is 6. The molecule has 0 bridgehead atoms. The highest BCUT2D eigenvalue weighted by molar-refractivity contribution is 8.27. The first-order valence-corrected chi connectivity index (χ1v) is 9.54. The quantitative estimate of drug-likeness (QED) is 0.241. The standard InChI is InChI=1S/C20H11FN2O4S2/c21-14-6-2-4-8-16(14)22-19(24)18(29-20(22)28)11-12-9-10-17(27-12)13-5-1-3-7-15(13)23(25)26/h1-11H/b18-11+. The van der Waals surface area contributed by atoms with Gasteiger partial charge in [-0.1, -0.05) is 48.2 Å². The molecule has 0 aliphatic carbocycles. The summed E-state index contributed by atoms with van der Waals surface area (Å²) in [7, 11) is 0. The molecule has 2 aromatic carbocycles. The Morgan fingerprint density at radius 3 is 2.59 bits per heavy atom. The van der Waals surface area contributed by atoms with E-state index < -0.39 is 16.6 Å². The number of anilines is 1. The molecule has 1 amide bonds. The number of para-hydroxylation sites is 2. The van der Waals surface area contributed by atoms with Crippen LogP contribution in [0.1, 0.15) is 5.76 Å². The van der Waals surface area contributed by atoms with Gasteiger partial charge in [0.1, 0.15) is 17.3 Å². The van der Waals surface area contributed by atoms with Crippen molar-refractivity contribution < 1.29 is 18.5 Å². The second-order valence-electron chi connectivity index (χ2n) is 5.94. The Morgan fingerprint density at radius 1 is 1.10 bits per heavy atom. The molecule has 29 heavy (non-hydrogen) atoms. The molecule has 1 aliphatic rings. The van der Waals surface area contributed by atoms with Crippen LogP contribution in [0.3, 0.4) is 0 Å². The molecule has 0 atom stereocenters. The lowest BCUT2D eigenvalue weighted by molar-refractivity contribution is -0.384. The number of furan rings is 1. The number of rotatable bonds is 4. The normalized spacial score (nSPS) is 15.3. The van der Waals surface area contributed by atoms with Crippen molar-refractivity contribution in [1.29, 1.82) is 0 Å². The number of hydrogen-bond donors (Lipinski definition) is 0. The van der Waals surface area contributed by atoms with Gasteiger partial charge in [0, 0.05) is 12.1 Å². The van der Waals surface area contributed by atoms with Gasteiger partial charge >= 0.3 is 0 Å². The van der Waals surface area contributed by atoms with Crippen LogP contribution in [0, 0.1) is 15.9 Å². The molecule has 1 fully saturated rings. The lowest BCUT2D eigenvalue weighted by Gasteiger charge is -2.14. The molecular weight excluding hydrogens is 415 g/mol. The maximum absolute atomic E-state index is 14.1. The lowest BCUT2D eigenvalue weighted by atomic mass is 10.1. The highest BCUT2D eigenvalue weighted by Gasteiger charge is 2.35. The Hall–Kier alpha value is -3.30. The van der Waals surface area contributed by atoms with E-state index in [1.807, 2.05) is 0 Å². The molecule has 144 valence electrons. The van der Waals surface area contributed by atoms with Gasteiger partial charge < -0.3 is 4.42 Å².